The highest BCUT2D eigenvalue weighted by atomic mass is 15.1. The van der Waals surface area contributed by atoms with E-state index in [0.717, 1.165) is 34.1 Å². The van der Waals surface area contributed by atoms with E-state index in [4.69, 9.17) is 0 Å². The van der Waals surface area contributed by atoms with Crippen LogP contribution in [0.25, 0.3) is 90.4 Å². The normalized spacial score (nSPS) is 13.4. The first-order chi connectivity index (χ1) is 42.1. The van der Waals surface area contributed by atoms with Crippen molar-refractivity contribution < 1.29 is 0 Å². The van der Waals surface area contributed by atoms with E-state index in [9.17, 15) is 0 Å². The van der Waals surface area contributed by atoms with Crippen LogP contribution in [-0.4, -0.2) is 0 Å². The second kappa shape index (κ2) is 21.3. The maximum Gasteiger partial charge on any atom is 0.0468 e. The average Bonchev–Trinajstić information content (AvgIpc) is 1.59. The van der Waals surface area contributed by atoms with Gasteiger partial charge in [0.05, 0.1) is 0 Å². The maximum absolute atomic E-state index is 2.52. The number of para-hydroxylation sites is 4. The minimum atomic E-state index is -0.154. The smallest absolute Gasteiger partial charge is 0.0468 e. The lowest BCUT2D eigenvalue weighted by atomic mass is 9.79. The van der Waals surface area contributed by atoms with E-state index in [-0.39, 0.29) is 10.8 Å². The Kier molecular flexibility index (Phi) is 12.9. The molecule has 0 radical (unpaired) electrons. The summed E-state index contributed by atoms with van der Waals surface area (Å²) in [5.41, 5.74) is 27.2. The Labute approximate surface area is 505 Å². The van der Waals surface area contributed by atoms with Gasteiger partial charge in [-0.25, -0.2) is 0 Å². The van der Waals surface area contributed by atoms with Gasteiger partial charge in [-0.15, -0.1) is 0 Å². The summed E-state index contributed by atoms with van der Waals surface area (Å²) in [5.74, 6) is 0. The molecule has 410 valence electrons. The number of hydrogen-bond donors (Lipinski definition) is 0. The fourth-order valence-corrected chi connectivity index (χ4v) is 13.5. The molecule has 0 saturated heterocycles. The predicted molar refractivity (Wildman–Crippen MR) is 368 cm³/mol. The van der Waals surface area contributed by atoms with Crippen LogP contribution in [-0.2, 0) is 10.8 Å². The Bertz CT molecular complexity index is 4380. The molecule has 13 aromatic carbocycles. The largest absolute Gasteiger partial charge is 0.310 e. The third-order valence-electron chi connectivity index (χ3n) is 18.2. The van der Waals surface area contributed by atoms with Crippen LogP contribution in [0.15, 0.2) is 291 Å². The van der Waals surface area contributed by atoms with Gasteiger partial charge in [0.15, 0.2) is 0 Å². The molecule has 2 aliphatic carbocycles. The van der Waals surface area contributed by atoms with E-state index in [1.54, 1.807) is 0 Å². The summed E-state index contributed by atoms with van der Waals surface area (Å²) in [6, 6.07) is 107. The molecule has 13 aromatic rings. The lowest BCUT2D eigenvalue weighted by Crippen LogP contribution is -2.17. The zero-order valence-electron chi connectivity index (χ0n) is 48.9. The third-order valence-corrected chi connectivity index (χ3v) is 18.2. The second-order valence-electron chi connectivity index (χ2n) is 24.2. The van der Waals surface area contributed by atoms with Crippen LogP contribution < -0.4 is 9.80 Å². The molecular formula is C84H64N2. The first-order valence-corrected chi connectivity index (χ1v) is 30.0. The van der Waals surface area contributed by atoms with Gasteiger partial charge in [0, 0.05) is 45.0 Å². The van der Waals surface area contributed by atoms with E-state index in [1.165, 1.54) is 111 Å². The van der Waals surface area contributed by atoms with E-state index < -0.39 is 0 Å². The fraction of sp³-hybridized carbons (Fsp3) is 0.0714. The van der Waals surface area contributed by atoms with Gasteiger partial charge in [-0.2, -0.15) is 0 Å². The first kappa shape index (κ1) is 52.3. The average molecular weight is 1100 g/mol. The van der Waals surface area contributed by atoms with Crippen molar-refractivity contribution in [3.63, 3.8) is 0 Å². The first-order valence-electron chi connectivity index (χ1n) is 30.0. The summed E-state index contributed by atoms with van der Waals surface area (Å²) in [7, 11) is 0. The molecule has 2 aliphatic rings. The molecule has 15 rings (SSSR count). The fourth-order valence-electron chi connectivity index (χ4n) is 13.5. The van der Waals surface area contributed by atoms with Crippen LogP contribution in [0.2, 0.25) is 0 Å². The zero-order chi connectivity index (χ0) is 57.9. The van der Waals surface area contributed by atoms with Crippen molar-refractivity contribution in [2.24, 2.45) is 0 Å². The van der Waals surface area contributed by atoms with E-state index in [2.05, 4.69) is 353 Å². The highest BCUT2D eigenvalue weighted by Gasteiger charge is 2.42. The molecule has 0 N–H and O–H groups in total. The molecule has 0 saturated carbocycles. The molecule has 0 aromatic heterocycles. The predicted octanol–water partition coefficient (Wildman–Crippen LogP) is 23.2. The topological polar surface area (TPSA) is 6.48 Å². The summed E-state index contributed by atoms with van der Waals surface area (Å²) in [4.78, 5) is 4.63. The summed E-state index contributed by atoms with van der Waals surface area (Å²) in [5, 5.41) is 4.85. The molecule has 0 heterocycles. The Hall–Kier alpha value is -10.5. The minimum Gasteiger partial charge on any atom is -0.310 e. The molecule has 0 atom stereocenters. The second-order valence-corrected chi connectivity index (χ2v) is 24.2. The van der Waals surface area contributed by atoms with E-state index in [0.29, 0.717) is 0 Å². The van der Waals surface area contributed by atoms with Crippen LogP contribution in [0.4, 0.5) is 34.1 Å². The van der Waals surface area contributed by atoms with Gasteiger partial charge in [-0.1, -0.05) is 234 Å². The van der Waals surface area contributed by atoms with Gasteiger partial charge in [-0.05, 0) is 220 Å². The number of nitrogens with zero attached hydrogens (tertiary/aromatic N) is 2. The quantitative estimate of drug-likeness (QED) is 0.113. The highest BCUT2D eigenvalue weighted by molar-refractivity contribution is 5.95. The molecule has 0 unspecified atom stereocenters. The molecule has 0 fully saturated rings. The Morgan fingerprint density at radius 1 is 0.221 bits per heavy atom. The van der Waals surface area contributed by atoms with Crippen LogP contribution in [0.3, 0.4) is 0 Å². The lowest BCUT2D eigenvalue weighted by Gasteiger charge is -2.25. The Balaban J connectivity index is 0.625. The molecule has 2 nitrogen and oxygen atoms in total. The summed E-state index contributed by atoms with van der Waals surface area (Å²) in [6.07, 6.45) is 8.89. The standard InChI is InChI=1S/C84H64N2/c1-83(2)79-53-67(61-35-29-57(30-36-61)25-27-59-33-39-65-51-73(45-41-63(65)49-59)85(69-17-9-5-10-18-69)70-19-11-6-12-20-70)43-47-75(79)77-56-82-78(55-81(77)83)76-48-44-68(54-80(76)84(82,3)4)62-37-31-58(32-38-62)26-28-60-34-40-66-52-74(46-42-64(66)50-60)86(71-21-13-7-14-22-71)72-23-15-8-16-24-72/h5-56H,1-4H3/b27-25+,28-26+. The highest BCUT2D eigenvalue weighted by Crippen LogP contribution is 2.57. The van der Waals surface area contributed by atoms with Crippen molar-refractivity contribution >= 4 is 80.0 Å². The number of hydrogen-bond acceptors (Lipinski definition) is 2. The van der Waals surface area contributed by atoms with Crippen LogP contribution in [0.5, 0.6) is 0 Å². The van der Waals surface area contributed by atoms with Gasteiger partial charge in [-0.3, -0.25) is 0 Å². The van der Waals surface area contributed by atoms with Gasteiger partial charge < -0.3 is 9.80 Å². The molecule has 0 spiro atoms. The number of rotatable bonds is 12. The van der Waals surface area contributed by atoms with Gasteiger partial charge in [0.25, 0.3) is 0 Å². The van der Waals surface area contributed by atoms with Crippen molar-refractivity contribution in [1.82, 2.24) is 0 Å². The SMILES string of the molecule is CC1(C)c2cc(-c3ccc(/C=C/c4ccc5cc(N(c6ccccc6)c6ccccc6)ccc5c4)cc3)ccc2-c2cc3c(cc21)-c1ccc(-c2ccc(/C=C/c4ccc5cc(N(c6ccccc6)c6ccccc6)ccc5c4)cc2)cc1C3(C)C. The Morgan fingerprint density at radius 3 is 0.872 bits per heavy atom. The van der Waals surface area contributed by atoms with Crippen molar-refractivity contribution in [3.8, 4) is 44.5 Å². The van der Waals surface area contributed by atoms with Crippen molar-refractivity contribution in [2.45, 2.75) is 38.5 Å². The van der Waals surface area contributed by atoms with E-state index >= 15 is 0 Å². The number of benzene rings is 13. The van der Waals surface area contributed by atoms with Gasteiger partial charge in [0.2, 0.25) is 0 Å². The Morgan fingerprint density at radius 2 is 0.512 bits per heavy atom. The maximum atomic E-state index is 2.52. The molecule has 0 bridgehead atoms. The lowest BCUT2D eigenvalue weighted by molar-refractivity contribution is 0.652. The van der Waals surface area contributed by atoms with Gasteiger partial charge in [0.1, 0.15) is 0 Å². The van der Waals surface area contributed by atoms with Crippen LogP contribution in [0.1, 0.15) is 72.2 Å². The van der Waals surface area contributed by atoms with Crippen molar-refractivity contribution in [2.75, 3.05) is 9.80 Å². The van der Waals surface area contributed by atoms with Crippen molar-refractivity contribution in [3.05, 3.63) is 336 Å². The molecule has 0 amide bonds. The number of fused-ring (bicyclic) bond motifs is 8. The molecule has 2 heteroatoms. The molecule has 0 aliphatic heterocycles. The minimum absolute atomic E-state index is 0.154. The summed E-state index contributed by atoms with van der Waals surface area (Å²) >= 11 is 0. The van der Waals surface area contributed by atoms with Crippen LogP contribution in [0, 0.1) is 0 Å². The monoisotopic (exact) mass is 1100 g/mol. The van der Waals surface area contributed by atoms with Gasteiger partial charge >= 0.3 is 0 Å². The van der Waals surface area contributed by atoms with E-state index in [1.807, 2.05) is 0 Å². The summed E-state index contributed by atoms with van der Waals surface area (Å²) in [6.45, 7) is 9.63. The third kappa shape index (κ3) is 9.50. The van der Waals surface area contributed by atoms with Crippen molar-refractivity contribution in [1.29, 1.82) is 0 Å². The molecular weight excluding hydrogens is 1040 g/mol. The molecule has 86 heavy (non-hydrogen) atoms. The van der Waals surface area contributed by atoms with Crippen LogP contribution >= 0.6 is 0 Å². The summed E-state index contributed by atoms with van der Waals surface area (Å²) < 4.78 is 0. The number of anilines is 6. The zero-order valence-corrected chi connectivity index (χ0v) is 48.9.